The summed E-state index contributed by atoms with van der Waals surface area (Å²) < 4.78 is 0. The molecule has 0 amide bonds. The van der Waals surface area contributed by atoms with Crippen molar-refractivity contribution < 1.29 is 5.11 Å². The van der Waals surface area contributed by atoms with E-state index in [1.165, 1.54) is 0 Å². The molecule has 0 bridgehead atoms. The number of aliphatic imine (C=N–C) groups is 2. The minimum absolute atomic E-state index is 0.177. The topological polar surface area (TPSA) is 60.2 Å². The van der Waals surface area contributed by atoms with E-state index < -0.39 is 0 Å². The molecule has 0 aromatic carbocycles. The number of hydrogen-bond donors (Lipinski definition) is 2. The highest BCUT2D eigenvalue weighted by molar-refractivity contribution is 8.13. The second-order valence-corrected chi connectivity index (χ2v) is 8.63. The Morgan fingerprint density at radius 1 is 1.28 bits per heavy atom. The van der Waals surface area contributed by atoms with Gasteiger partial charge in [0, 0.05) is 25.8 Å². The van der Waals surface area contributed by atoms with Crippen molar-refractivity contribution in [3.05, 3.63) is 35.9 Å². The van der Waals surface area contributed by atoms with Crippen LogP contribution in [-0.2, 0) is 0 Å². The average Bonchev–Trinajstić information content (AvgIpc) is 2.71. The monoisotopic (exact) mass is 420 g/mol. The fourth-order valence-corrected chi connectivity index (χ4v) is 3.60. The SMILES string of the molecule is C=C(NCCCC)/C(N=CCC)=C(\N=C(/C)SCCC)N(C)[C@@H]1C=C[C@H](O)CC1. The Morgan fingerprint density at radius 3 is 2.62 bits per heavy atom. The van der Waals surface area contributed by atoms with E-state index in [4.69, 9.17) is 9.98 Å². The van der Waals surface area contributed by atoms with Crippen molar-refractivity contribution in [3.63, 3.8) is 0 Å². The van der Waals surface area contributed by atoms with E-state index >= 15 is 0 Å². The van der Waals surface area contributed by atoms with Gasteiger partial charge in [-0.15, -0.1) is 11.8 Å². The zero-order valence-corrected chi connectivity index (χ0v) is 19.8. The Kier molecular flexibility index (Phi) is 12.7. The maximum absolute atomic E-state index is 9.83. The summed E-state index contributed by atoms with van der Waals surface area (Å²) in [6.07, 6.45) is 11.4. The molecule has 0 saturated carbocycles. The largest absolute Gasteiger partial charge is 0.389 e. The maximum atomic E-state index is 9.83. The van der Waals surface area contributed by atoms with E-state index in [2.05, 4.69) is 57.6 Å². The molecule has 0 spiro atoms. The van der Waals surface area contributed by atoms with Crippen molar-refractivity contribution in [2.24, 2.45) is 9.98 Å². The average molecular weight is 421 g/mol. The van der Waals surface area contributed by atoms with E-state index in [9.17, 15) is 5.11 Å². The summed E-state index contributed by atoms with van der Waals surface area (Å²) >= 11 is 1.77. The highest BCUT2D eigenvalue weighted by atomic mass is 32.2. The first-order valence-corrected chi connectivity index (χ1v) is 11.9. The number of likely N-dealkylation sites (N-methyl/N-ethyl adjacent to an activating group) is 1. The van der Waals surface area contributed by atoms with Gasteiger partial charge in [-0.2, -0.15) is 0 Å². The van der Waals surface area contributed by atoms with Crippen LogP contribution in [0.25, 0.3) is 0 Å². The molecule has 0 fully saturated rings. The van der Waals surface area contributed by atoms with Crippen LogP contribution in [0.3, 0.4) is 0 Å². The molecule has 1 rings (SSSR count). The molecule has 164 valence electrons. The van der Waals surface area contributed by atoms with Gasteiger partial charge in [0.15, 0.2) is 5.82 Å². The van der Waals surface area contributed by atoms with Gasteiger partial charge in [0.25, 0.3) is 0 Å². The number of nitrogens with zero attached hydrogens (tertiary/aromatic N) is 3. The smallest absolute Gasteiger partial charge is 0.157 e. The minimum Gasteiger partial charge on any atom is -0.389 e. The standard InChI is InChI=1S/C23H40N4OS/c1-7-10-16-24-18(4)22(25-15-8-2)23(26-19(5)29-17-9-3)27(6)20-11-13-21(28)14-12-20/h11,13,15,20-21,24,28H,4,7-10,12,14,16-17H2,1-3,5-6H3/b23-22-,25-15?,26-19+/t20-,21+/m1/s1. The molecular formula is C23H40N4OS. The molecule has 0 radical (unpaired) electrons. The lowest BCUT2D eigenvalue weighted by atomic mass is 9.99. The maximum Gasteiger partial charge on any atom is 0.157 e. The fourth-order valence-electron chi connectivity index (χ4n) is 2.95. The minimum atomic E-state index is -0.347. The number of thioether (sulfide) groups is 1. The van der Waals surface area contributed by atoms with Gasteiger partial charge >= 0.3 is 0 Å². The molecule has 0 aromatic rings. The van der Waals surface area contributed by atoms with Crippen molar-refractivity contribution in [2.75, 3.05) is 19.3 Å². The molecule has 29 heavy (non-hydrogen) atoms. The number of aliphatic hydroxyl groups excluding tert-OH is 1. The summed E-state index contributed by atoms with van der Waals surface area (Å²) in [6, 6.07) is 0.177. The van der Waals surface area contributed by atoms with Crippen LogP contribution in [0.15, 0.2) is 45.9 Å². The van der Waals surface area contributed by atoms with Crippen molar-refractivity contribution in [3.8, 4) is 0 Å². The highest BCUT2D eigenvalue weighted by Gasteiger charge is 2.23. The van der Waals surface area contributed by atoms with Crippen molar-refractivity contribution in [2.45, 2.75) is 78.4 Å². The van der Waals surface area contributed by atoms with Crippen molar-refractivity contribution >= 4 is 23.0 Å². The molecule has 0 aliphatic heterocycles. The van der Waals surface area contributed by atoms with Crippen LogP contribution in [0.1, 0.15) is 66.2 Å². The summed E-state index contributed by atoms with van der Waals surface area (Å²) in [4.78, 5) is 11.9. The van der Waals surface area contributed by atoms with Crippen molar-refractivity contribution in [1.29, 1.82) is 0 Å². The third-order valence-corrected chi connectivity index (χ3v) is 5.81. The summed E-state index contributed by atoms with van der Waals surface area (Å²) in [5, 5.41) is 14.3. The zero-order chi connectivity index (χ0) is 21.6. The molecular weight excluding hydrogens is 380 g/mol. The number of nitrogens with one attached hydrogen (secondary N) is 1. The van der Waals surface area contributed by atoms with E-state index in [-0.39, 0.29) is 12.1 Å². The molecule has 2 atom stereocenters. The van der Waals surface area contributed by atoms with Crippen LogP contribution in [0.5, 0.6) is 0 Å². The van der Waals surface area contributed by atoms with Gasteiger partial charge in [-0.3, -0.25) is 4.99 Å². The molecule has 0 heterocycles. The Balaban J connectivity index is 3.33. The molecule has 1 aliphatic rings. The first-order chi connectivity index (χ1) is 13.9. The van der Waals surface area contributed by atoms with Crippen LogP contribution < -0.4 is 5.32 Å². The first-order valence-electron chi connectivity index (χ1n) is 10.9. The van der Waals surface area contributed by atoms with Crippen LogP contribution in [0.4, 0.5) is 0 Å². The lowest BCUT2D eigenvalue weighted by molar-refractivity contribution is 0.183. The predicted octanol–water partition coefficient (Wildman–Crippen LogP) is 5.11. The van der Waals surface area contributed by atoms with E-state index in [1.54, 1.807) is 11.8 Å². The third-order valence-electron chi connectivity index (χ3n) is 4.69. The lowest BCUT2D eigenvalue weighted by Crippen LogP contribution is -2.33. The Hall–Kier alpha value is -1.53. The molecule has 6 heteroatoms. The number of aliphatic hydroxyl groups is 1. The predicted molar refractivity (Wildman–Crippen MR) is 130 cm³/mol. The van der Waals surface area contributed by atoms with Crippen molar-refractivity contribution in [1.82, 2.24) is 10.2 Å². The van der Waals surface area contributed by atoms with E-state index in [0.717, 1.165) is 73.1 Å². The number of hydrogen-bond acceptors (Lipinski definition) is 6. The third kappa shape index (κ3) is 9.22. The number of unbranched alkanes of at least 4 members (excludes halogenated alkanes) is 1. The van der Waals surface area contributed by atoms with Crippen LogP contribution in [0.2, 0.25) is 0 Å². The van der Waals surface area contributed by atoms with Gasteiger partial charge in [0.1, 0.15) is 5.70 Å². The number of rotatable bonds is 12. The molecule has 0 saturated heterocycles. The quantitative estimate of drug-likeness (QED) is 0.151. The first kappa shape index (κ1) is 25.5. The molecule has 5 nitrogen and oxygen atoms in total. The normalized spacial score (nSPS) is 20.7. The van der Waals surface area contributed by atoms with Gasteiger partial charge in [-0.1, -0.05) is 45.9 Å². The molecule has 0 aromatic heterocycles. The van der Waals surface area contributed by atoms with Gasteiger partial charge in [-0.05, 0) is 44.8 Å². The summed E-state index contributed by atoms with van der Waals surface area (Å²) in [5.74, 6) is 1.88. The molecule has 0 unspecified atom stereocenters. The zero-order valence-electron chi connectivity index (χ0n) is 18.9. The summed E-state index contributed by atoms with van der Waals surface area (Å²) in [7, 11) is 2.06. The van der Waals surface area contributed by atoms with E-state index in [1.807, 2.05) is 12.3 Å². The van der Waals surface area contributed by atoms with Crippen LogP contribution in [-0.4, -0.2) is 52.8 Å². The second-order valence-electron chi connectivity index (χ2n) is 7.34. The molecule has 1 aliphatic carbocycles. The van der Waals surface area contributed by atoms with E-state index in [0.29, 0.717) is 0 Å². The Bertz CT molecular complexity index is 624. The van der Waals surface area contributed by atoms with Crippen LogP contribution in [0, 0.1) is 0 Å². The Morgan fingerprint density at radius 2 is 2.03 bits per heavy atom. The van der Waals surface area contributed by atoms with Crippen LogP contribution >= 0.6 is 11.8 Å². The summed E-state index contributed by atoms with van der Waals surface area (Å²) in [6.45, 7) is 13.6. The summed E-state index contributed by atoms with van der Waals surface area (Å²) in [5.41, 5.74) is 1.60. The molecule has 2 N–H and O–H groups in total. The van der Waals surface area contributed by atoms with Gasteiger partial charge in [-0.25, -0.2) is 4.99 Å². The highest BCUT2D eigenvalue weighted by Crippen LogP contribution is 2.26. The lowest BCUT2D eigenvalue weighted by Gasteiger charge is -2.32. The second kappa shape index (κ2) is 14.5. The fraction of sp³-hybridized carbons (Fsp3) is 0.652. The van der Waals surface area contributed by atoms with Gasteiger partial charge < -0.3 is 15.3 Å². The van der Waals surface area contributed by atoms with Gasteiger partial charge in [0.2, 0.25) is 0 Å². The van der Waals surface area contributed by atoms with Gasteiger partial charge in [0.05, 0.1) is 16.8 Å². The Labute approximate surface area is 182 Å².